The summed E-state index contributed by atoms with van der Waals surface area (Å²) in [6, 6.07) is 7.47. The van der Waals surface area contributed by atoms with Crippen molar-refractivity contribution in [1.82, 2.24) is 9.88 Å². The fraction of sp³-hybridized carbons (Fsp3) is 0.389. The van der Waals surface area contributed by atoms with E-state index < -0.39 is 6.10 Å². The summed E-state index contributed by atoms with van der Waals surface area (Å²) in [4.78, 5) is 6.69. The fourth-order valence-electron chi connectivity index (χ4n) is 4.25. The van der Waals surface area contributed by atoms with Crippen LogP contribution in [0.4, 0.5) is 0 Å². The van der Waals surface area contributed by atoms with E-state index in [1.165, 1.54) is 6.42 Å². The molecule has 22 heavy (non-hydrogen) atoms. The largest absolute Gasteiger partial charge is 0.508 e. The van der Waals surface area contributed by atoms with Gasteiger partial charge in [-0.3, -0.25) is 9.88 Å². The zero-order valence-electron chi connectivity index (χ0n) is 12.4. The Hall–Kier alpha value is -1.91. The highest BCUT2D eigenvalue weighted by molar-refractivity contribution is 5.83. The van der Waals surface area contributed by atoms with Crippen LogP contribution in [0.3, 0.4) is 0 Å². The van der Waals surface area contributed by atoms with Crippen LogP contribution in [-0.4, -0.2) is 38.7 Å². The van der Waals surface area contributed by atoms with E-state index in [0.29, 0.717) is 12.0 Å². The molecule has 114 valence electrons. The maximum Gasteiger partial charge on any atom is 0.116 e. The molecular weight excluding hydrogens is 276 g/mol. The van der Waals surface area contributed by atoms with E-state index in [1.54, 1.807) is 24.4 Å². The zero-order valence-corrected chi connectivity index (χ0v) is 12.4. The number of aliphatic hydroxyl groups excluding tert-OH is 1. The normalized spacial score (nSPS) is 31.5. The van der Waals surface area contributed by atoms with Gasteiger partial charge in [0.15, 0.2) is 0 Å². The van der Waals surface area contributed by atoms with Crippen LogP contribution in [0.1, 0.15) is 24.5 Å². The number of phenolic OH excluding ortho intramolecular Hbond substituents is 1. The number of aromatic hydroxyl groups is 1. The second kappa shape index (κ2) is 5.07. The highest BCUT2D eigenvalue weighted by Gasteiger charge is 2.47. The number of phenols is 1. The Morgan fingerprint density at radius 2 is 2.23 bits per heavy atom. The average Bonchev–Trinajstić information content (AvgIpc) is 3.10. The molecule has 0 spiro atoms. The molecule has 5 unspecified atom stereocenters. The molecule has 4 rings (SSSR count). The van der Waals surface area contributed by atoms with Crippen LogP contribution in [-0.2, 0) is 0 Å². The second-order valence-electron chi connectivity index (χ2n) is 6.36. The summed E-state index contributed by atoms with van der Waals surface area (Å²) in [7, 11) is 0. The number of aliphatic hydroxyl groups is 1. The lowest BCUT2D eigenvalue weighted by Gasteiger charge is -2.31. The van der Waals surface area contributed by atoms with E-state index in [0.717, 1.165) is 29.4 Å². The lowest BCUT2D eigenvalue weighted by Crippen LogP contribution is -2.37. The number of benzene rings is 1. The number of hydrogen-bond acceptors (Lipinski definition) is 4. The van der Waals surface area contributed by atoms with Crippen LogP contribution >= 0.6 is 0 Å². The van der Waals surface area contributed by atoms with Gasteiger partial charge >= 0.3 is 0 Å². The van der Waals surface area contributed by atoms with Gasteiger partial charge in [0.25, 0.3) is 0 Å². The molecule has 1 aromatic carbocycles. The van der Waals surface area contributed by atoms with Crippen molar-refractivity contribution in [2.45, 2.75) is 31.0 Å². The topological polar surface area (TPSA) is 56.6 Å². The molecule has 3 heterocycles. The Labute approximate surface area is 129 Å². The predicted octanol–water partition coefficient (Wildman–Crippen LogP) is 2.62. The van der Waals surface area contributed by atoms with E-state index in [1.807, 2.05) is 12.1 Å². The third-order valence-electron chi connectivity index (χ3n) is 5.28. The molecular formula is C18H20N2O2. The summed E-state index contributed by atoms with van der Waals surface area (Å²) in [5.74, 6) is 0.810. The van der Waals surface area contributed by atoms with Crippen LogP contribution in [0, 0.1) is 5.92 Å². The first kappa shape index (κ1) is 13.7. The maximum absolute atomic E-state index is 11.0. The quantitative estimate of drug-likeness (QED) is 0.855. The van der Waals surface area contributed by atoms with E-state index >= 15 is 0 Å². The Morgan fingerprint density at radius 1 is 1.36 bits per heavy atom. The number of rotatable bonds is 3. The molecule has 4 heteroatoms. The molecule has 2 fully saturated rings. The molecule has 4 nitrogen and oxygen atoms in total. The van der Waals surface area contributed by atoms with Gasteiger partial charge in [-0.2, -0.15) is 0 Å². The van der Waals surface area contributed by atoms with Gasteiger partial charge in [-0.1, -0.05) is 6.08 Å². The third-order valence-corrected chi connectivity index (χ3v) is 5.28. The Bertz CT molecular complexity index is 730. The first-order chi connectivity index (χ1) is 10.7. The highest BCUT2D eigenvalue weighted by atomic mass is 16.3. The van der Waals surface area contributed by atoms with Gasteiger partial charge in [0.05, 0.1) is 11.6 Å². The van der Waals surface area contributed by atoms with Gasteiger partial charge in [-0.15, -0.1) is 6.58 Å². The first-order valence-electron chi connectivity index (χ1n) is 7.83. The van der Waals surface area contributed by atoms with Crippen LogP contribution < -0.4 is 0 Å². The summed E-state index contributed by atoms with van der Waals surface area (Å²) < 4.78 is 0. The molecule has 2 aromatic rings. The van der Waals surface area contributed by atoms with Gasteiger partial charge in [-0.25, -0.2) is 0 Å². The highest BCUT2D eigenvalue weighted by Crippen LogP contribution is 2.44. The molecule has 2 saturated heterocycles. The van der Waals surface area contributed by atoms with Crippen LogP contribution in [0.25, 0.3) is 10.9 Å². The van der Waals surface area contributed by atoms with E-state index in [9.17, 15) is 10.2 Å². The SMILES string of the molecule is C=CC1C2CCN1C(C(O)c1ccnc3ccc(O)cc13)C2. The van der Waals surface area contributed by atoms with Crippen molar-refractivity contribution in [2.75, 3.05) is 6.54 Å². The monoisotopic (exact) mass is 296 g/mol. The lowest BCUT2D eigenvalue weighted by molar-refractivity contribution is 0.0645. The van der Waals surface area contributed by atoms with Crippen molar-refractivity contribution in [3.63, 3.8) is 0 Å². The summed E-state index contributed by atoms with van der Waals surface area (Å²) in [6.45, 7) is 4.97. The molecule has 2 bridgehead atoms. The standard InChI is InChI=1S/C18H20N2O2/c1-2-16-11-6-8-20(16)17(9-11)18(22)13-5-7-19-15-4-3-12(21)10-14(13)15/h2-5,7,10-11,16-18,21-22H,1,6,8-9H2. The minimum Gasteiger partial charge on any atom is -0.508 e. The molecule has 2 N–H and O–H groups in total. The number of nitrogens with zero attached hydrogens (tertiary/aromatic N) is 2. The number of fused-ring (bicyclic) bond motifs is 3. The van der Waals surface area contributed by atoms with Crippen molar-refractivity contribution in [3.8, 4) is 5.75 Å². The summed E-state index contributed by atoms with van der Waals surface area (Å²) in [5.41, 5.74) is 1.65. The molecule has 0 radical (unpaired) electrons. The Kier molecular flexibility index (Phi) is 3.17. The van der Waals surface area contributed by atoms with Gasteiger partial charge < -0.3 is 10.2 Å². The minimum atomic E-state index is -0.569. The summed E-state index contributed by atoms with van der Waals surface area (Å²) >= 11 is 0. The van der Waals surface area contributed by atoms with Crippen LogP contribution in [0.2, 0.25) is 0 Å². The second-order valence-corrected chi connectivity index (χ2v) is 6.36. The number of pyridine rings is 1. The van der Waals surface area contributed by atoms with Gasteiger partial charge in [0, 0.05) is 23.7 Å². The van der Waals surface area contributed by atoms with Crippen LogP contribution in [0.5, 0.6) is 5.75 Å². The molecule has 0 saturated carbocycles. The number of hydrogen-bond donors (Lipinski definition) is 2. The Balaban J connectivity index is 1.73. The molecule has 5 atom stereocenters. The van der Waals surface area contributed by atoms with Crippen molar-refractivity contribution in [1.29, 1.82) is 0 Å². The predicted molar refractivity (Wildman–Crippen MR) is 85.6 cm³/mol. The first-order valence-corrected chi connectivity index (χ1v) is 7.83. The molecule has 2 aliphatic rings. The summed E-state index contributed by atoms with van der Waals surface area (Å²) in [6.07, 6.45) is 5.37. The molecule has 2 aliphatic heterocycles. The van der Waals surface area contributed by atoms with E-state index in [2.05, 4.69) is 16.5 Å². The minimum absolute atomic E-state index is 0.120. The lowest BCUT2D eigenvalue weighted by atomic mass is 9.90. The van der Waals surface area contributed by atoms with Crippen molar-refractivity contribution < 1.29 is 10.2 Å². The fourth-order valence-corrected chi connectivity index (χ4v) is 4.25. The smallest absolute Gasteiger partial charge is 0.116 e. The number of piperidine rings is 1. The van der Waals surface area contributed by atoms with Crippen LogP contribution in [0.15, 0.2) is 43.1 Å². The van der Waals surface area contributed by atoms with Crippen molar-refractivity contribution in [2.24, 2.45) is 5.92 Å². The van der Waals surface area contributed by atoms with E-state index in [-0.39, 0.29) is 11.8 Å². The maximum atomic E-state index is 11.0. The average molecular weight is 296 g/mol. The zero-order chi connectivity index (χ0) is 15.3. The molecule has 1 aromatic heterocycles. The number of aromatic nitrogens is 1. The van der Waals surface area contributed by atoms with Gasteiger partial charge in [0.1, 0.15) is 5.75 Å². The van der Waals surface area contributed by atoms with Gasteiger partial charge in [0.2, 0.25) is 0 Å². The molecule has 0 amide bonds. The van der Waals surface area contributed by atoms with Crippen molar-refractivity contribution >= 4 is 10.9 Å². The van der Waals surface area contributed by atoms with Gasteiger partial charge in [-0.05, 0) is 55.1 Å². The van der Waals surface area contributed by atoms with Crippen molar-refractivity contribution in [3.05, 3.63) is 48.7 Å². The summed E-state index contributed by atoms with van der Waals surface area (Å²) in [5, 5.41) is 21.5. The molecule has 0 aliphatic carbocycles. The Morgan fingerprint density at radius 3 is 3.00 bits per heavy atom. The van der Waals surface area contributed by atoms with E-state index in [4.69, 9.17) is 0 Å². The third kappa shape index (κ3) is 1.95.